The molecule has 0 N–H and O–H groups in total. The number of alkyl halides is 1. The molecule has 1 aliphatic heterocycles. The van der Waals surface area contributed by atoms with Gasteiger partial charge in [0.15, 0.2) is 12.0 Å². The van der Waals surface area contributed by atoms with Crippen molar-refractivity contribution in [3.63, 3.8) is 0 Å². The summed E-state index contributed by atoms with van der Waals surface area (Å²) in [4.78, 5) is 17.9. The summed E-state index contributed by atoms with van der Waals surface area (Å²) in [6, 6.07) is 5.66. The van der Waals surface area contributed by atoms with Gasteiger partial charge >= 0.3 is 0 Å². The van der Waals surface area contributed by atoms with Gasteiger partial charge in [-0.1, -0.05) is 22.0 Å². The van der Waals surface area contributed by atoms with Gasteiger partial charge in [-0.25, -0.2) is 4.98 Å². The first-order valence-electron chi connectivity index (χ1n) is 5.48. The number of amides is 1. The minimum atomic E-state index is 0.157. The van der Waals surface area contributed by atoms with E-state index in [0.717, 1.165) is 28.7 Å². The van der Waals surface area contributed by atoms with E-state index in [-0.39, 0.29) is 5.91 Å². The summed E-state index contributed by atoms with van der Waals surface area (Å²) >= 11 is 3.43. The van der Waals surface area contributed by atoms with E-state index in [4.69, 9.17) is 4.42 Å². The van der Waals surface area contributed by atoms with Crippen molar-refractivity contribution in [2.24, 2.45) is 5.92 Å². The van der Waals surface area contributed by atoms with Crippen molar-refractivity contribution in [2.75, 3.05) is 16.8 Å². The standard InChI is InChI=1S/C12H11BrN2O2/c13-5-8-4-11(16)15(6-8)9-2-1-3-10-12(9)14-7-17-10/h1-3,7-8H,4-6H2. The van der Waals surface area contributed by atoms with E-state index in [0.29, 0.717) is 12.3 Å². The van der Waals surface area contributed by atoms with Crippen molar-refractivity contribution >= 4 is 38.6 Å². The molecule has 0 bridgehead atoms. The number of hydrogen-bond acceptors (Lipinski definition) is 3. The summed E-state index contributed by atoms with van der Waals surface area (Å²) in [6.45, 7) is 0.746. The van der Waals surface area contributed by atoms with Crippen LogP contribution in [-0.2, 0) is 4.79 Å². The Balaban J connectivity index is 2.04. The van der Waals surface area contributed by atoms with E-state index in [9.17, 15) is 4.79 Å². The molecule has 1 atom stereocenters. The van der Waals surface area contributed by atoms with Crippen LogP contribution in [0.15, 0.2) is 29.0 Å². The van der Waals surface area contributed by atoms with Crippen LogP contribution < -0.4 is 4.90 Å². The van der Waals surface area contributed by atoms with Crippen molar-refractivity contribution in [2.45, 2.75) is 6.42 Å². The molecule has 1 aromatic carbocycles. The molecule has 1 fully saturated rings. The molecule has 1 aliphatic rings. The Bertz CT molecular complexity index is 566. The van der Waals surface area contributed by atoms with E-state index < -0.39 is 0 Å². The first-order valence-corrected chi connectivity index (χ1v) is 6.60. The minimum Gasteiger partial charge on any atom is -0.443 e. The third-order valence-corrected chi connectivity index (χ3v) is 3.97. The number of halogens is 1. The van der Waals surface area contributed by atoms with Crippen molar-refractivity contribution in [1.29, 1.82) is 0 Å². The zero-order valence-corrected chi connectivity index (χ0v) is 10.7. The number of fused-ring (bicyclic) bond motifs is 1. The number of para-hydroxylation sites is 1. The van der Waals surface area contributed by atoms with Gasteiger partial charge in [-0.05, 0) is 18.1 Å². The summed E-state index contributed by atoms with van der Waals surface area (Å²) < 4.78 is 5.25. The molecular formula is C12H11BrN2O2. The second kappa shape index (κ2) is 4.14. The fourth-order valence-corrected chi connectivity index (χ4v) is 2.64. The average molecular weight is 295 g/mol. The van der Waals surface area contributed by atoms with Crippen molar-refractivity contribution in [1.82, 2.24) is 4.98 Å². The number of anilines is 1. The number of carbonyl (C=O) groups excluding carboxylic acids is 1. The highest BCUT2D eigenvalue weighted by Crippen LogP contribution is 2.31. The van der Waals surface area contributed by atoms with E-state index in [2.05, 4.69) is 20.9 Å². The number of oxazole rings is 1. The lowest BCUT2D eigenvalue weighted by atomic mass is 10.2. The number of rotatable bonds is 2. The normalized spacial score (nSPS) is 20.4. The first kappa shape index (κ1) is 10.8. The first-order chi connectivity index (χ1) is 8.29. The summed E-state index contributed by atoms with van der Waals surface area (Å²) in [6.07, 6.45) is 2.01. The van der Waals surface area contributed by atoms with Crippen LogP contribution in [0.2, 0.25) is 0 Å². The van der Waals surface area contributed by atoms with Gasteiger partial charge in [0, 0.05) is 18.3 Å². The van der Waals surface area contributed by atoms with Crippen LogP contribution in [-0.4, -0.2) is 22.8 Å². The van der Waals surface area contributed by atoms with Crippen LogP contribution in [0, 0.1) is 5.92 Å². The second-order valence-electron chi connectivity index (χ2n) is 4.21. The SMILES string of the molecule is O=C1CC(CBr)CN1c1cccc2ocnc12. The third-order valence-electron chi connectivity index (χ3n) is 3.05. The molecule has 17 heavy (non-hydrogen) atoms. The maximum atomic E-state index is 12.0. The number of benzene rings is 1. The van der Waals surface area contributed by atoms with Crippen molar-refractivity contribution in [3.05, 3.63) is 24.6 Å². The fourth-order valence-electron chi connectivity index (χ4n) is 2.21. The zero-order chi connectivity index (χ0) is 11.8. The van der Waals surface area contributed by atoms with Gasteiger partial charge in [-0.3, -0.25) is 4.79 Å². The second-order valence-corrected chi connectivity index (χ2v) is 4.85. The van der Waals surface area contributed by atoms with Gasteiger partial charge in [0.05, 0.1) is 5.69 Å². The smallest absolute Gasteiger partial charge is 0.227 e. The Morgan fingerprint density at radius 3 is 3.18 bits per heavy atom. The summed E-state index contributed by atoms with van der Waals surface area (Å²) in [5, 5.41) is 0.851. The highest BCUT2D eigenvalue weighted by atomic mass is 79.9. The molecule has 88 valence electrons. The fraction of sp³-hybridized carbons (Fsp3) is 0.333. The Labute approximate surface area is 107 Å². The maximum absolute atomic E-state index is 12.0. The van der Waals surface area contributed by atoms with Crippen LogP contribution in [0.3, 0.4) is 0 Å². The van der Waals surface area contributed by atoms with E-state index in [1.165, 1.54) is 6.39 Å². The molecule has 2 aromatic rings. The topological polar surface area (TPSA) is 46.3 Å². The van der Waals surface area contributed by atoms with Crippen LogP contribution in [0.5, 0.6) is 0 Å². The highest BCUT2D eigenvalue weighted by Gasteiger charge is 2.31. The van der Waals surface area contributed by atoms with Crippen molar-refractivity contribution in [3.8, 4) is 0 Å². The lowest BCUT2D eigenvalue weighted by molar-refractivity contribution is -0.117. The van der Waals surface area contributed by atoms with Gasteiger partial charge in [0.25, 0.3) is 0 Å². The third kappa shape index (κ3) is 1.74. The molecule has 2 heterocycles. The van der Waals surface area contributed by atoms with Crippen LogP contribution in [0.25, 0.3) is 11.1 Å². The molecule has 0 saturated carbocycles. The summed E-state index contributed by atoms with van der Waals surface area (Å²) in [7, 11) is 0. The van der Waals surface area contributed by atoms with Crippen molar-refractivity contribution < 1.29 is 9.21 Å². The van der Waals surface area contributed by atoms with Crippen LogP contribution in [0.4, 0.5) is 5.69 Å². The van der Waals surface area contributed by atoms with Gasteiger partial charge < -0.3 is 9.32 Å². The van der Waals surface area contributed by atoms with E-state index in [1.807, 2.05) is 18.2 Å². The molecule has 1 unspecified atom stereocenters. The molecule has 3 rings (SSSR count). The summed E-state index contributed by atoms with van der Waals surface area (Å²) in [5.41, 5.74) is 2.33. The number of aromatic nitrogens is 1. The van der Waals surface area contributed by atoms with Gasteiger partial charge in [0.1, 0.15) is 5.52 Å². The van der Waals surface area contributed by atoms with Gasteiger partial charge in [0.2, 0.25) is 5.91 Å². The predicted octanol–water partition coefficient (Wildman–Crippen LogP) is 2.58. The predicted molar refractivity (Wildman–Crippen MR) is 68.3 cm³/mol. The van der Waals surface area contributed by atoms with E-state index >= 15 is 0 Å². The van der Waals surface area contributed by atoms with Gasteiger partial charge in [-0.2, -0.15) is 0 Å². The Kier molecular flexibility index (Phi) is 2.63. The molecule has 0 spiro atoms. The molecule has 1 saturated heterocycles. The lowest BCUT2D eigenvalue weighted by Gasteiger charge is -2.16. The monoisotopic (exact) mass is 294 g/mol. The lowest BCUT2D eigenvalue weighted by Crippen LogP contribution is -2.24. The largest absolute Gasteiger partial charge is 0.443 e. The van der Waals surface area contributed by atoms with E-state index in [1.54, 1.807) is 4.90 Å². The quantitative estimate of drug-likeness (QED) is 0.800. The van der Waals surface area contributed by atoms with Gasteiger partial charge in [-0.15, -0.1) is 0 Å². The average Bonchev–Trinajstić information content (AvgIpc) is 2.94. The maximum Gasteiger partial charge on any atom is 0.227 e. The number of nitrogens with zero attached hydrogens (tertiary/aromatic N) is 2. The Hall–Kier alpha value is -1.36. The Morgan fingerprint density at radius 1 is 1.53 bits per heavy atom. The van der Waals surface area contributed by atoms with Crippen LogP contribution >= 0.6 is 15.9 Å². The minimum absolute atomic E-state index is 0.157. The molecule has 0 aliphatic carbocycles. The molecule has 5 heteroatoms. The molecule has 0 radical (unpaired) electrons. The zero-order valence-electron chi connectivity index (χ0n) is 9.10. The number of hydrogen-bond donors (Lipinski definition) is 0. The molecule has 1 amide bonds. The molecular weight excluding hydrogens is 284 g/mol. The molecule has 4 nitrogen and oxygen atoms in total. The Morgan fingerprint density at radius 2 is 2.41 bits per heavy atom. The highest BCUT2D eigenvalue weighted by molar-refractivity contribution is 9.09. The molecule has 1 aromatic heterocycles. The summed E-state index contributed by atoms with van der Waals surface area (Å²) in [5.74, 6) is 0.537. The van der Waals surface area contributed by atoms with Crippen LogP contribution in [0.1, 0.15) is 6.42 Å². The number of carbonyl (C=O) groups is 1.